The molecule has 1 rings (SSSR count). The zero-order chi connectivity index (χ0) is 6.53. The van der Waals surface area contributed by atoms with Crippen molar-refractivity contribution in [3.8, 4) is 0 Å². The molecule has 0 aromatic heterocycles. The molecule has 1 N–H and O–H groups in total. The van der Waals surface area contributed by atoms with Crippen LogP contribution < -0.4 is 4.98 Å². The summed E-state index contributed by atoms with van der Waals surface area (Å²) < 4.78 is 10.2. The highest BCUT2D eigenvalue weighted by Crippen LogP contribution is 2.16. The van der Waals surface area contributed by atoms with E-state index in [2.05, 4.69) is 4.98 Å². The van der Waals surface area contributed by atoms with Gasteiger partial charge in [-0.3, -0.25) is 0 Å². The van der Waals surface area contributed by atoms with Crippen molar-refractivity contribution in [3.05, 3.63) is 0 Å². The van der Waals surface area contributed by atoms with Crippen molar-refractivity contribution in [2.45, 2.75) is 38.1 Å². The lowest BCUT2D eigenvalue weighted by molar-refractivity contribution is 0.411. The van der Waals surface area contributed by atoms with Gasteiger partial charge in [0.1, 0.15) is 0 Å². The molecular weight excluding hydrogens is 130 g/mol. The van der Waals surface area contributed by atoms with E-state index in [0.717, 1.165) is 0 Å². The first-order chi connectivity index (χ1) is 4.43. The van der Waals surface area contributed by atoms with Gasteiger partial charge in [-0.15, -0.1) is 0 Å². The second kappa shape index (κ2) is 3.77. The fraction of sp³-hybridized carbons (Fsp3) is 1.00. The van der Waals surface area contributed by atoms with E-state index in [1.165, 1.54) is 32.1 Å². The van der Waals surface area contributed by atoms with Gasteiger partial charge in [0.25, 0.3) is 0 Å². The fourth-order valence-corrected chi connectivity index (χ4v) is 1.89. The third-order valence-corrected chi connectivity index (χ3v) is 2.52. The Morgan fingerprint density at radius 1 is 1.22 bits per heavy atom. The summed E-state index contributed by atoms with van der Waals surface area (Å²) in [4.78, 5) is 3.01. The average Bonchev–Trinajstić information content (AvgIpc) is 1.91. The molecule has 1 aliphatic rings. The van der Waals surface area contributed by atoms with Crippen LogP contribution in [-0.2, 0) is 4.46 Å². The fourth-order valence-electron chi connectivity index (χ4n) is 1.37. The average molecular weight is 143 g/mol. The Labute approximate surface area is 58.0 Å². The lowest BCUT2D eigenvalue weighted by Gasteiger charge is -2.20. The smallest absolute Gasteiger partial charge is 0.376 e. The molecule has 0 bridgehead atoms. The van der Waals surface area contributed by atoms with Crippen LogP contribution in [0.15, 0.2) is 0 Å². The van der Waals surface area contributed by atoms with Crippen LogP contribution in [0.25, 0.3) is 0 Å². The maximum absolute atomic E-state index is 10.2. The van der Waals surface area contributed by atoms with E-state index in [1.807, 2.05) is 0 Å². The molecule has 0 aromatic carbocycles. The first-order valence-corrected chi connectivity index (χ1v) is 4.68. The van der Waals surface area contributed by atoms with Crippen LogP contribution in [0.5, 0.6) is 0 Å². The van der Waals surface area contributed by atoms with Crippen LogP contribution in [0, 0.1) is 0 Å². The topological polar surface area (TPSA) is 29.1 Å². The van der Waals surface area contributed by atoms with E-state index < -0.39 is 9.57 Å². The Morgan fingerprint density at radius 2 is 1.89 bits per heavy atom. The Hall–Kier alpha value is -0.183. The summed E-state index contributed by atoms with van der Waals surface area (Å²) in [6.45, 7) is 0. The summed E-state index contributed by atoms with van der Waals surface area (Å²) >= 11 is 0. The molecule has 1 saturated carbocycles. The molecule has 0 amide bonds. The molecule has 0 radical (unpaired) electrons. The highest BCUT2D eigenvalue weighted by molar-refractivity contribution is 6.12. The molecule has 0 spiro atoms. The second-order valence-corrected chi connectivity index (χ2v) is 3.19. The largest absolute Gasteiger partial charge is 0.390 e. The monoisotopic (exact) mass is 143 g/mol. The Morgan fingerprint density at radius 3 is 2.44 bits per heavy atom. The lowest BCUT2D eigenvalue weighted by Crippen LogP contribution is -2.30. The molecule has 2 nitrogen and oxygen atoms in total. The Balaban J connectivity index is 2.15. The number of hydrogen-bond donors (Lipinski definition) is 1. The summed E-state index contributed by atoms with van der Waals surface area (Å²) in [5.41, 5.74) is 0. The molecule has 0 aliphatic heterocycles. The van der Waals surface area contributed by atoms with Crippen LogP contribution in [-0.4, -0.2) is 15.6 Å². The molecule has 3 heteroatoms. The summed E-state index contributed by atoms with van der Waals surface area (Å²) in [5, 5.41) is 0. The van der Waals surface area contributed by atoms with E-state index in [1.54, 1.807) is 0 Å². The zero-order valence-electron chi connectivity index (χ0n) is 5.60. The van der Waals surface area contributed by atoms with Crippen molar-refractivity contribution in [3.63, 3.8) is 0 Å². The molecule has 0 heterocycles. The summed E-state index contributed by atoms with van der Waals surface area (Å²) in [5.74, 6) is 0. The van der Waals surface area contributed by atoms with Gasteiger partial charge in [0.15, 0.2) is 0 Å². The SMILES string of the molecule is O=[SiH]NC1CCCCC1. The third kappa shape index (κ3) is 2.26. The second-order valence-electron chi connectivity index (χ2n) is 2.62. The van der Waals surface area contributed by atoms with Crippen LogP contribution >= 0.6 is 0 Å². The molecule has 0 atom stereocenters. The summed E-state index contributed by atoms with van der Waals surface area (Å²) in [6.07, 6.45) is 6.46. The van der Waals surface area contributed by atoms with Crippen LogP contribution in [0.1, 0.15) is 32.1 Å². The molecule has 0 saturated heterocycles. The predicted molar refractivity (Wildman–Crippen MR) is 37.8 cm³/mol. The van der Waals surface area contributed by atoms with Crippen LogP contribution in [0.3, 0.4) is 0 Å². The van der Waals surface area contributed by atoms with Gasteiger partial charge in [0.05, 0.1) is 0 Å². The Kier molecular flexibility index (Phi) is 2.90. The lowest BCUT2D eigenvalue weighted by atomic mass is 9.96. The minimum atomic E-state index is -0.721. The predicted octanol–water partition coefficient (Wildman–Crippen LogP) is 0.606. The highest BCUT2D eigenvalue weighted by Gasteiger charge is 2.10. The molecule has 9 heavy (non-hydrogen) atoms. The normalized spacial score (nSPS) is 21.3. The van der Waals surface area contributed by atoms with E-state index in [4.69, 9.17) is 0 Å². The van der Waals surface area contributed by atoms with Gasteiger partial charge in [-0.25, -0.2) is 0 Å². The zero-order valence-corrected chi connectivity index (χ0v) is 6.75. The van der Waals surface area contributed by atoms with E-state index in [9.17, 15) is 4.46 Å². The molecule has 0 unspecified atom stereocenters. The standard InChI is InChI=1S/C6H13NOSi/c8-9-7-6-4-2-1-3-5-6/h6-7,9H,1-5H2. The number of nitrogens with one attached hydrogen (secondary N) is 1. The maximum Gasteiger partial charge on any atom is 0.376 e. The van der Waals surface area contributed by atoms with E-state index >= 15 is 0 Å². The summed E-state index contributed by atoms with van der Waals surface area (Å²) in [7, 11) is -0.721. The van der Waals surface area contributed by atoms with Crippen molar-refractivity contribution in [1.82, 2.24) is 4.98 Å². The number of rotatable bonds is 2. The van der Waals surface area contributed by atoms with Gasteiger partial charge in [-0.2, -0.15) is 0 Å². The minimum Gasteiger partial charge on any atom is -0.390 e. The van der Waals surface area contributed by atoms with Crippen molar-refractivity contribution in [1.29, 1.82) is 0 Å². The van der Waals surface area contributed by atoms with Crippen molar-refractivity contribution in [2.24, 2.45) is 0 Å². The van der Waals surface area contributed by atoms with Gasteiger partial charge in [0, 0.05) is 6.04 Å². The van der Waals surface area contributed by atoms with Gasteiger partial charge < -0.3 is 9.44 Å². The molecule has 0 aromatic rings. The van der Waals surface area contributed by atoms with Crippen LogP contribution in [0.2, 0.25) is 0 Å². The van der Waals surface area contributed by atoms with Crippen molar-refractivity contribution >= 4 is 9.57 Å². The third-order valence-electron chi connectivity index (χ3n) is 1.91. The molecular formula is C6H13NOSi. The van der Waals surface area contributed by atoms with Crippen molar-refractivity contribution in [2.75, 3.05) is 0 Å². The molecule has 1 fully saturated rings. The Bertz CT molecular complexity index is 91.1. The molecule has 52 valence electrons. The van der Waals surface area contributed by atoms with Gasteiger partial charge in [-0.1, -0.05) is 19.3 Å². The van der Waals surface area contributed by atoms with Crippen molar-refractivity contribution < 1.29 is 4.46 Å². The summed E-state index contributed by atoms with van der Waals surface area (Å²) in [6, 6.07) is 0.575. The van der Waals surface area contributed by atoms with Gasteiger partial charge in [-0.05, 0) is 12.8 Å². The van der Waals surface area contributed by atoms with E-state index in [-0.39, 0.29) is 0 Å². The quantitative estimate of drug-likeness (QED) is 0.574. The first-order valence-electron chi connectivity index (χ1n) is 3.63. The number of hydrogen-bond acceptors (Lipinski definition) is 1. The van der Waals surface area contributed by atoms with Crippen LogP contribution in [0.4, 0.5) is 0 Å². The minimum absolute atomic E-state index is 0.575. The maximum atomic E-state index is 10.2. The molecule has 1 aliphatic carbocycles. The first kappa shape index (κ1) is 6.93. The van der Waals surface area contributed by atoms with E-state index in [0.29, 0.717) is 6.04 Å². The van der Waals surface area contributed by atoms with Gasteiger partial charge >= 0.3 is 9.57 Å². The highest BCUT2D eigenvalue weighted by atomic mass is 28.2. The van der Waals surface area contributed by atoms with Gasteiger partial charge in [0.2, 0.25) is 0 Å².